The fraction of sp³-hybridized carbons (Fsp3) is 0.471. The van der Waals surface area contributed by atoms with Crippen LogP contribution in [0.25, 0.3) is 10.9 Å². The highest BCUT2D eigenvalue weighted by Crippen LogP contribution is 2.27. The first-order valence-corrected chi connectivity index (χ1v) is 7.64. The number of para-hydroxylation sites is 1. The molecule has 0 atom stereocenters. The van der Waals surface area contributed by atoms with Gasteiger partial charge in [0.05, 0.1) is 6.54 Å². The van der Waals surface area contributed by atoms with Gasteiger partial charge in [0.25, 0.3) is 0 Å². The van der Waals surface area contributed by atoms with Crippen molar-refractivity contribution in [1.29, 1.82) is 0 Å². The van der Waals surface area contributed by atoms with Gasteiger partial charge in [-0.1, -0.05) is 31.0 Å². The maximum atomic E-state index is 11.2. The van der Waals surface area contributed by atoms with Gasteiger partial charge in [-0.05, 0) is 24.5 Å². The van der Waals surface area contributed by atoms with E-state index in [1.54, 1.807) is 0 Å². The molecule has 1 heterocycles. The Morgan fingerprint density at radius 2 is 2.05 bits per heavy atom. The quantitative estimate of drug-likeness (QED) is 0.919. The Kier molecular flexibility index (Phi) is 3.97. The molecule has 1 saturated carbocycles. The van der Waals surface area contributed by atoms with Crippen molar-refractivity contribution in [3.05, 3.63) is 36.0 Å². The van der Waals surface area contributed by atoms with Crippen molar-refractivity contribution in [3.63, 3.8) is 0 Å². The second-order valence-electron chi connectivity index (χ2n) is 6.02. The van der Waals surface area contributed by atoms with Crippen LogP contribution in [0.3, 0.4) is 0 Å². The third kappa shape index (κ3) is 2.95. The summed E-state index contributed by atoms with van der Waals surface area (Å²) in [6, 6.07) is 8.73. The van der Waals surface area contributed by atoms with Crippen LogP contribution in [-0.4, -0.2) is 33.1 Å². The molecular formula is C17H22N2O2. The number of aromatic nitrogens is 1. The van der Waals surface area contributed by atoms with Crippen LogP contribution in [0, 0.1) is 0 Å². The molecule has 1 aromatic heterocycles. The number of aliphatic carboxylic acids is 1. The number of aryl methyl sites for hydroxylation is 1. The lowest BCUT2D eigenvalue weighted by Crippen LogP contribution is -2.36. The number of hydrogen-bond donors (Lipinski definition) is 1. The number of rotatable bonds is 5. The van der Waals surface area contributed by atoms with Crippen LogP contribution >= 0.6 is 0 Å². The summed E-state index contributed by atoms with van der Waals surface area (Å²) in [5.74, 6) is -0.734. The lowest BCUT2D eigenvalue weighted by atomic mass is 10.1. The Morgan fingerprint density at radius 3 is 2.76 bits per heavy atom. The van der Waals surface area contributed by atoms with Crippen LogP contribution in [0.2, 0.25) is 0 Å². The lowest BCUT2D eigenvalue weighted by molar-refractivity contribution is -0.139. The molecule has 0 saturated heterocycles. The van der Waals surface area contributed by atoms with Gasteiger partial charge in [0.1, 0.15) is 0 Å². The predicted octanol–water partition coefficient (Wildman–Crippen LogP) is 3.01. The van der Waals surface area contributed by atoms with Gasteiger partial charge in [0.15, 0.2) is 0 Å². The molecular weight excluding hydrogens is 264 g/mol. The molecule has 1 aromatic carbocycles. The van der Waals surface area contributed by atoms with Gasteiger partial charge in [-0.3, -0.25) is 9.69 Å². The van der Waals surface area contributed by atoms with Crippen molar-refractivity contribution in [3.8, 4) is 0 Å². The molecule has 1 N–H and O–H groups in total. The van der Waals surface area contributed by atoms with Gasteiger partial charge in [-0.15, -0.1) is 0 Å². The number of carboxylic acid groups (broad SMARTS) is 1. The van der Waals surface area contributed by atoms with E-state index >= 15 is 0 Å². The van der Waals surface area contributed by atoms with Gasteiger partial charge in [-0.2, -0.15) is 0 Å². The second-order valence-corrected chi connectivity index (χ2v) is 6.02. The highest BCUT2D eigenvalue weighted by Gasteiger charge is 2.25. The monoisotopic (exact) mass is 286 g/mol. The molecule has 4 heteroatoms. The van der Waals surface area contributed by atoms with Gasteiger partial charge >= 0.3 is 5.97 Å². The van der Waals surface area contributed by atoms with E-state index in [9.17, 15) is 9.90 Å². The number of carbonyl (C=O) groups is 1. The molecule has 112 valence electrons. The number of hydrogen-bond acceptors (Lipinski definition) is 2. The molecule has 1 aliphatic rings. The zero-order valence-corrected chi connectivity index (χ0v) is 12.5. The molecule has 0 aliphatic heterocycles. The van der Waals surface area contributed by atoms with E-state index in [1.807, 2.05) is 19.2 Å². The average Bonchev–Trinajstić information content (AvgIpc) is 3.08. The van der Waals surface area contributed by atoms with Crippen LogP contribution in [0.1, 0.15) is 31.2 Å². The zero-order valence-electron chi connectivity index (χ0n) is 12.5. The van der Waals surface area contributed by atoms with E-state index in [4.69, 9.17) is 0 Å². The minimum absolute atomic E-state index is 0.133. The van der Waals surface area contributed by atoms with Crippen LogP contribution in [0.15, 0.2) is 30.5 Å². The normalized spacial score (nSPS) is 16.1. The molecule has 3 rings (SSSR count). The van der Waals surface area contributed by atoms with E-state index in [0.717, 1.165) is 19.4 Å². The van der Waals surface area contributed by atoms with Crippen molar-refractivity contribution >= 4 is 16.9 Å². The summed E-state index contributed by atoms with van der Waals surface area (Å²) in [6.07, 6.45) is 6.82. The standard InChI is InChI=1S/C17H22N2O2/c1-18-10-13(15-8-4-5-9-16(15)18)11-19(12-17(20)21)14-6-2-3-7-14/h4-5,8-10,14H,2-3,6-7,11-12H2,1H3,(H,20,21). The van der Waals surface area contributed by atoms with E-state index in [0.29, 0.717) is 6.04 Å². The topological polar surface area (TPSA) is 45.5 Å². The zero-order chi connectivity index (χ0) is 14.8. The molecule has 0 spiro atoms. The number of nitrogens with zero attached hydrogens (tertiary/aromatic N) is 2. The van der Waals surface area contributed by atoms with E-state index in [1.165, 1.54) is 29.3 Å². The summed E-state index contributed by atoms with van der Waals surface area (Å²) in [6.45, 7) is 0.853. The molecule has 0 unspecified atom stereocenters. The van der Waals surface area contributed by atoms with Crippen molar-refractivity contribution in [2.45, 2.75) is 38.3 Å². The van der Waals surface area contributed by atoms with Crippen LogP contribution in [0.4, 0.5) is 0 Å². The smallest absolute Gasteiger partial charge is 0.317 e. The van der Waals surface area contributed by atoms with E-state index in [-0.39, 0.29) is 6.54 Å². The average molecular weight is 286 g/mol. The van der Waals surface area contributed by atoms with Gasteiger partial charge < -0.3 is 9.67 Å². The predicted molar refractivity (Wildman–Crippen MR) is 83.2 cm³/mol. The van der Waals surface area contributed by atoms with Crippen LogP contribution in [-0.2, 0) is 18.4 Å². The molecule has 1 fully saturated rings. The molecule has 0 radical (unpaired) electrons. The SMILES string of the molecule is Cn1cc(CN(CC(=O)O)C2CCCC2)c2ccccc21. The fourth-order valence-electron chi connectivity index (χ4n) is 3.53. The molecule has 2 aromatic rings. The summed E-state index contributed by atoms with van der Waals surface area (Å²) in [5, 5.41) is 10.4. The van der Waals surface area contributed by atoms with Gasteiger partial charge in [0, 0.05) is 36.7 Å². The second kappa shape index (κ2) is 5.90. The van der Waals surface area contributed by atoms with E-state index in [2.05, 4.69) is 27.8 Å². The summed E-state index contributed by atoms with van der Waals surface area (Å²) in [5.41, 5.74) is 2.43. The van der Waals surface area contributed by atoms with Crippen molar-refractivity contribution < 1.29 is 9.90 Å². The van der Waals surface area contributed by atoms with Crippen LogP contribution < -0.4 is 0 Å². The maximum Gasteiger partial charge on any atom is 0.317 e. The largest absolute Gasteiger partial charge is 0.480 e. The van der Waals surface area contributed by atoms with Crippen molar-refractivity contribution in [2.75, 3.05) is 6.54 Å². The number of fused-ring (bicyclic) bond motifs is 1. The third-order valence-corrected chi connectivity index (χ3v) is 4.53. The molecule has 21 heavy (non-hydrogen) atoms. The fourth-order valence-corrected chi connectivity index (χ4v) is 3.53. The van der Waals surface area contributed by atoms with Crippen LogP contribution in [0.5, 0.6) is 0 Å². The maximum absolute atomic E-state index is 11.2. The summed E-state index contributed by atoms with van der Waals surface area (Å²) in [4.78, 5) is 13.3. The van der Waals surface area contributed by atoms with E-state index < -0.39 is 5.97 Å². The summed E-state index contributed by atoms with van der Waals surface area (Å²) < 4.78 is 2.12. The van der Waals surface area contributed by atoms with Gasteiger partial charge in [0.2, 0.25) is 0 Å². The first-order chi connectivity index (χ1) is 10.1. The number of carboxylic acids is 1. The van der Waals surface area contributed by atoms with Crippen molar-refractivity contribution in [2.24, 2.45) is 7.05 Å². The molecule has 0 amide bonds. The Labute approximate surface area is 125 Å². The Bertz CT molecular complexity index is 641. The first-order valence-electron chi connectivity index (χ1n) is 7.64. The highest BCUT2D eigenvalue weighted by atomic mass is 16.4. The van der Waals surface area contributed by atoms with Gasteiger partial charge in [-0.25, -0.2) is 0 Å². The Balaban J connectivity index is 1.88. The first kappa shape index (κ1) is 14.1. The minimum Gasteiger partial charge on any atom is -0.480 e. The minimum atomic E-state index is -0.734. The number of benzene rings is 1. The highest BCUT2D eigenvalue weighted by molar-refractivity contribution is 5.83. The summed E-state index contributed by atoms with van der Waals surface area (Å²) >= 11 is 0. The molecule has 0 bridgehead atoms. The van der Waals surface area contributed by atoms with Crippen molar-refractivity contribution in [1.82, 2.24) is 9.47 Å². The Hall–Kier alpha value is -1.81. The third-order valence-electron chi connectivity index (χ3n) is 4.53. The Morgan fingerprint density at radius 1 is 1.33 bits per heavy atom. The molecule has 4 nitrogen and oxygen atoms in total. The molecule has 1 aliphatic carbocycles. The lowest BCUT2D eigenvalue weighted by Gasteiger charge is -2.26. The summed E-state index contributed by atoms with van der Waals surface area (Å²) in [7, 11) is 2.04.